The Morgan fingerprint density at radius 1 is 1.19 bits per heavy atom. The summed E-state index contributed by atoms with van der Waals surface area (Å²) in [4.78, 5) is 0. The van der Waals surface area contributed by atoms with Crippen molar-refractivity contribution in [3.63, 3.8) is 0 Å². The molecule has 0 aliphatic carbocycles. The van der Waals surface area contributed by atoms with Gasteiger partial charge in [0.05, 0.1) is 0 Å². The monoisotopic (exact) mass is 237 g/mol. The molecule has 0 bridgehead atoms. The Kier molecular flexibility index (Phi) is 4.65. The number of nitrogens with one attached hydrogen (secondary N) is 1. The van der Waals surface area contributed by atoms with Crippen LogP contribution < -0.4 is 5.32 Å². The maximum absolute atomic E-state index is 12.3. The van der Waals surface area contributed by atoms with Gasteiger partial charge in [0.1, 0.15) is 0 Å². The van der Waals surface area contributed by atoms with Crippen molar-refractivity contribution in [2.45, 2.75) is 64.1 Å². The van der Waals surface area contributed by atoms with Gasteiger partial charge in [-0.2, -0.15) is 13.2 Å². The molecule has 1 saturated heterocycles. The molecule has 1 aliphatic rings. The summed E-state index contributed by atoms with van der Waals surface area (Å²) in [6.45, 7) is 4.90. The van der Waals surface area contributed by atoms with Crippen molar-refractivity contribution in [3.05, 3.63) is 0 Å². The molecule has 1 atom stereocenters. The average molecular weight is 237 g/mol. The van der Waals surface area contributed by atoms with Crippen LogP contribution in [0.4, 0.5) is 13.2 Å². The Bertz CT molecular complexity index is 203. The lowest BCUT2D eigenvalue weighted by Gasteiger charge is -2.38. The summed E-state index contributed by atoms with van der Waals surface area (Å²) in [5, 5.41) is 3.37. The van der Waals surface area contributed by atoms with Gasteiger partial charge in [-0.05, 0) is 31.7 Å². The van der Waals surface area contributed by atoms with Crippen molar-refractivity contribution in [1.29, 1.82) is 0 Å². The lowest BCUT2D eigenvalue weighted by atomic mass is 9.78. The highest BCUT2D eigenvalue weighted by atomic mass is 19.4. The summed E-state index contributed by atoms with van der Waals surface area (Å²) in [7, 11) is 0. The highest BCUT2D eigenvalue weighted by molar-refractivity contribution is 4.92. The lowest BCUT2D eigenvalue weighted by molar-refractivity contribution is -0.140. The average Bonchev–Trinajstić information content (AvgIpc) is 2.39. The third-order valence-electron chi connectivity index (χ3n) is 3.74. The summed E-state index contributed by atoms with van der Waals surface area (Å²) in [6.07, 6.45) is -0.347. The van der Waals surface area contributed by atoms with Gasteiger partial charge in [-0.1, -0.05) is 26.7 Å². The summed E-state index contributed by atoms with van der Waals surface area (Å²) in [6, 6.07) is 0. The summed E-state index contributed by atoms with van der Waals surface area (Å²) in [5.74, 6) is 0.257. The molecule has 0 amide bonds. The predicted molar refractivity (Wildman–Crippen MR) is 59.3 cm³/mol. The van der Waals surface area contributed by atoms with Gasteiger partial charge in [-0.3, -0.25) is 0 Å². The van der Waals surface area contributed by atoms with Crippen LogP contribution in [0.2, 0.25) is 0 Å². The smallest absolute Gasteiger partial charge is 0.311 e. The zero-order valence-electron chi connectivity index (χ0n) is 10.2. The van der Waals surface area contributed by atoms with Crippen molar-refractivity contribution >= 4 is 0 Å². The normalized spacial score (nSPS) is 28.1. The van der Waals surface area contributed by atoms with Crippen LogP contribution in [0.25, 0.3) is 0 Å². The first kappa shape index (κ1) is 13.8. The molecule has 0 spiro atoms. The van der Waals surface area contributed by atoms with Crippen LogP contribution in [0.5, 0.6) is 0 Å². The first-order valence-corrected chi connectivity index (χ1v) is 6.17. The standard InChI is InChI=1S/C12H22F3N/c1-10(2)11(7-8-12(13,14)15)6-4-3-5-9-16-11/h10,16H,3-9H2,1-2H3. The molecule has 0 aromatic heterocycles. The topological polar surface area (TPSA) is 12.0 Å². The van der Waals surface area contributed by atoms with Crippen molar-refractivity contribution in [1.82, 2.24) is 5.32 Å². The molecule has 0 radical (unpaired) electrons. The Labute approximate surface area is 95.8 Å². The number of rotatable bonds is 3. The summed E-state index contributed by atoms with van der Waals surface area (Å²) in [5.41, 5.74) is -0.300. The summed E-state index contributed by atoms with van der Waals surface area (Å²) >= 11 is 0. The first-order valence-electron chi connectivity index (χ1n) is 6.17. The Balaban J connectivity index is 2.63. The maximum Gasteiger partial charge on any atom is 0.389 e. The minimum Gasteiger partial charge on any atom is -0.311 e. The van der Waals surface area contributed by atoms with Gasteiger partial charge in [-0.15, -0.1) is 0 Å². The second-order valence-electron chi connectivity index (χ2n) is 5.16. The molecule has 1 fully saturated rings. The van der Waals surface area contributed by atoms with Gasteiger partial charge in [0.25, 0.3) is 0 Å². The molecule has 0 aromatic carbocycles. The Morgan fingerprint density at radius 3 is 2.44 bits per heavy atom. The third-order valence-corrected chi connectivity index (χ3v) is 3.74. The molecule has 0 saturated carbocycles. The molecule has 1 heterocycles. The quantitative estimate of drug-likeness (QED) is 0.785. The number of hydrogen-bond donors (Lipinski definition) is 1. The Morgan fingerprint density at radius 2 is 1.88 bits per heavy atom. The van der Waals surface area contributed by atoms with Crippen LogP contribution in [0, 0.1) is 5.92 Å². The SMILES string of the molecule is CC(C)C1(CCC(F)(F)F)CCCCCN1. The van der Waals surface area contributed by atoms with Gasteiger partial charge in [0.2, 0.25) is 0 Å². The van der Waals surface area contributed by atoms with Crippen molar-refractivity contribution < 1.29 is 13.2 Å². The molecule has 4 heteroatoms. The van der Waals surface area contributed by atoms with Crippen molar-refractivity contribution in [2.24, 2.45) is 5.92 Å². The van der Waals surface area contributed by atoms with Crippen molar-refractivity contribution in [2.75, 3.05) is 6.54 Å². The first-order chi connectivity index (χ1) is 7.36. The fraction of sp³-hybridized carbons (Fsp3) is 1.00. The minimum atomic E-state index is -4.03. The predicted octanol–water partition coefficient (Wildman–Crippen LogP) is 3.89. The van der Waals surface area contributed by atoms with E-state index in [4.69, 9.17) is 0 Å². The van der Waals surface area contributed by atoms with E-state index in [0.29, 0.717) is 0 Å². The zero-order valence-corrected chi connectivity index (χ0v) is 10.2. The lowest BCUT2D eigenvalue weighted by Crippen LogP contribution is -2.49. The van der Waals surface area contributed by atoms with E-state index in [-0.39, 0.29) is 17.9 Å². The minimum absolute atomic E-state index is 0.216. The van der Waals surface area contributed by atoms with Crippen LogP contribution >= 0.6 is 0 Å². The number of hydrogen-bond acceptors (Lipinski definition) is 1. The second-order valence-corrected chi connectivity index (χ2v) is 5.16. The molecule has 16 heavy (non-hydrogen) atoms. The van der Waals surface area contributed by atoms with Gasteiger partial charge in [0.15, 0.2) is 0 Å². The fourth-order valence-corrected chi connectivity index (χ4v) is 2.53. The molecule has 1 rings (SSSR count). The van der Waals surface area contributed by atoms with Crippen molar-refractivity contribution in [3.8, 4) is 0 Å². The molecule has 1 unspecified atom stereocenters. The van der Waals surface area contributed by atoms with Gasteiger partial charge >= 0.3 is 6.18 Å². The van der Waals surface area contributed by atoms with E-state index < -0.39 is 12.6 Å². The maximum atomic E-state index is 12.3. The zero-order chi connectivity index (χ0) is 12.2. The molecular weight excluding hydrogens is 215 g/mol. The molecular formula is C12H22F3N. The van der Waals surface area contributed by atoms with E-state index >= 15 is 0 Å². The fourth-order valence-electron chi connectivity index (χ4n) is 2.53. The van der Waals surface area contributed by atoms with Crippen LogP contribution in [-0.4, -0.2) is 18.3 Å². The number of halogens is 3. The van der Waals surface area contributed by atoms with E-state index in [1.807, 2.05) is 13.8 Å². The number of alkyl halides is 3. The van der Waals surface area contributed by atoms with Gasteiger partial charge < -0.3 is 5.32 Å². The highest BCUT2D eigenvalue weighted by Gasteiger charge is 2.38. The molecule has 1 nitrogen and oxygen atoms in total. The van der Waals surface area contributed by atoms with Crippen LogP contribution in [0.1, 0.15) is 52.4 Å². The van der Waals surface area contributed by atoms with Gasteiger partial charge in [0, 0.05) is 12.0 Å². The summed E-state index contributed by atoms with van der Waals surface area (Å²) < 4.78 is 37.0. The highest BCUT2D eigenvalue weighted by Crippen LogP contribution is 2.34. The van der Waals surface area contributed by atoms with Crippen LogP contribution in [-0.2, 0) is 0 Å². The molecule has 1 N–H and O–H groups in total. The van der Waals surface area contributed by atoms with Gasteiger partial charge in [-0.25, -0.2) is 0 Å². The van der Waals surface area contributed by atoms with E-state index in [1.165, 1.54) is 0 Å². The largest absolute Gasteiger partial charge is 0.389 e. The molecule has 96 valence electrons. The molecule has 0 aromatic rings. The second kappa shape index (κ2) is 5.39. The Hall–Kier alpha value is -0.250. The third kappa shape index (κ3) is 3.96. The van der Waals surface area contributed by atoms with Crippen LogP contribution in [0.15, 0.2) is 0 Å². The van der Waals surface area contributed by atoms with Crippen LogP contribution in [0.3, 0.4) is 0 Å². The van der Waals surface area contributed by atoms with E-state index in [2.05, 4.69) is 5.32 Å². The van der Waals surface area contributed by atoms with E-state index in [1.54, 1.807) is 0 Å². The van der Waals surface area contributed by atoms with E-state index in [0.717, 1.165) is 32.2 Å². The van der Waals surface area contributed by atoms with E-state index in [9.17, 15) is 13.2 Å². The molecule has 1 aliphatic heterocycles.